The fourth-order valence-corrected chi connectivity index (χ4v) is 1.41. The predicted octanol–water partition coefficient (Wildman–Crippen LogP) is 2.88. The third-order valence-corrected chi connectivity index (χ3v) is 2.37. The topological polar surface area (TPSA) is 52.6 Å². The number of benzene rings is 1. The van der Waals surface area contributed by atoms with Gasteiger partial charge in [-0.3, -0.25) is 4.79 Å². The van der Waals surface area contributed by atoms with Crippen LogP contribution in [0, 0.1) is 6.92 Å². The first kappa shape index (κ1) is 14.2. The molecular weight excluding hydrogens is 232 g/mol. The van der Waals surface area contributed by atoms with Gasteiger partial charge in [-0.15, -0.1) is 0 Å². The second-order valence-electron chi connectivity index (χ2n) is 3.92. The number of rotatable bonds is 5. The number of carbonyl (C=O) groups is 2. The Morgan fingerprint density at radius 1 is 1.22 bits per heavy atom. The molecule has 0 aliphatic carbocycles. The number of aryl methyl sites for hydroxylation is 1. The highest BCUT2D eigenvalue weighted by atomic mass is 16.5. The molecule has 4 heteroatoms. The van der Waals surface area contributed by atoms with E-state index in [0.717, 1.165) is 12.0 Å². The highest BCUT2D eigenvalue weighted by Gasteiger charge is 2.17. The van der Waals surface area contributed by atoms with Crippen LogP contribution in [-0.2, 0) is 9.53 Å². The highest BCUT2D eigenvalue weighted by molar-refractivity contribution is 5.94. The first-order valence-corrected chi connectivity index (χ1v) is 6.07. The van der Waals surface area contributed by atoms with E-state index in [2.05, 4.69) is 0 Å². The molecule has 0 spiro atoms. The average Bonchev–Trinajstić information content (AvgIpc) is 2.38. The maximum Gasteiger partial charge on any atom is 0.341 e. The molecule has 0 saturated carbocycles. The lowest BCUT2D eigenvalue weighted by Crippen LogP contribution is -2.13. The Morgan fingerprint density at radius 3 is 2.56 bits per heavy atom. The number of para-hydroxylation sites is 1. The van der Waals surface area contributed by atoms with Crippen molar-refractivity contribution >= 4 is 11.9 Å². The van der Waals surface area contributed by atoms with Crippen LogP contribution in [0.4, 0.5) is 0 Å². The van der Waals surface area contributed by atoms with Crippen molar-refractivity contribution in [3.05, 3.63) is 29.3 Å². The van der Waals surface area contributed by atoms with Crippen LogP contribution in [0.3, 0.4) is 0 Å². The van der Waals surface area contributed by atoms with Gasteiger partial charge in [0.25, 0.3) is 0 Å². The highest BCUT2D eigenvalue weighted by Crippen LogP contribution is 2.24. The molecule has 0 aromatic heterocycles. The van der Waals surface area contributed by atoms with E-state index in [1.54, 1.807) is 32.0 Å². The Bertz CT molecular complexity index is 437. The van der Waals surface area contributed by atoms with E-state index in [1.807, 2.05) is 6.92 Å². The largest absolute Gasteiger partial charge is 0.462 e. The second kappa shape index (κ2) is 6.79. The summed E-state index contributed by atoms with van der Waals surface area (Å²) < 4.78 is 10.2. The summed E-state index contributed by atoms with van der Waals surface area (Å²) in [6.45, 7) is 5.76. The van der Waals surface area contributed by atoms with Crippen molar-refractivity contribution in [3.63, 3.8) is 0 Å². The van der Waals surface area contributed by atoms with Crippen molar-refractivity contribution in [1.29, 1.82) is 0 Å². The molecule has 0 bridgehead atoms. The molecule has 1 aromatic rings. The van der Waals surface area contributed by atoms with Gasteiger partial charge < -0.3 is 9.47 Å². The van der Waals surface area contributed by atoms with E-state index in [9.17, 15) is 9.59 Å². The van der Waals surface area contributed by atoms with Gasteiger partial charge in [-0.2, -0.15) is 0 Å². The predicted molar refractivity (Wildman–Crippen MR) is 67.7 cm³/mol. The molecule has 0 N–H and O–H groups in total. The van der Waals surface area contributed by atoms with E-state index < -0.39 is 5.97 Å². The van der Waals surface area contributed by atoms with Crippen LogP contribution in [0.15, 0.2) is 18.2 Å². The zero-order valence-corrected chi connectivity index (χ0v) is 11.0. The summed E-state index contributed by atoms with van der Waals surface area (Å²) >= 11 is 0. The molecular formula is C14H18O4. The van der Waals surface area contributed by atoms with Crippen molar-refractivity contribution in [3.8, 4) is 5.75 Å². The standard InChI is InChI=1S/C14H18O4/c1-4-9-17-14(16)11-8-6-7-10(3)13(11)18-12(15)5-2/h6-8H,4-5,9H2,1-3H3. The van der Waals surface area contributed by atoms with E-state index in [1.165, 1.54) is 0 Å². The number of hydrogen-bond acceptors (Lipinski definition) is 4. The van der Waals surface area contributed by atoms with Gasteiger partial charge in [-0.05, 0) is 25.0 Å². The van der Waals surface area contributed by atoms with Crippen molar-refractivity contribution in [1.82, 2.24) is 0 Å². The number of ether oxygens (including phenoxy) is 2. The molecule has 0 saturated heterocycles. The summed E-state index contributed by atoms with van der Waals surface area (Å²) in [5.74, 6) is -0.529. The van der Waals surface area contributed by atoms with Gasteiger partial charge in [0, 0.05) is 6.42 Å². The molecule has 0 aliphatic rings. The van der Waals surface area contributed by atoms with Crippen LogP contribution >= 0.6 is 0 Å². The lowest BCUT2D eigenvalue weighted by molar-refractivity contribution is -0.134. The normalized spacial score (nSPS) is 9.94. The summed E-state index contributed by atoms with van der Waals surface area (Å²) in [5, 5.41) is 0. The lowest BCUT2D eigenvalue weighted by Gasteiger charge is -2.11. The Kier molecular flexibility index (Phi) is 5.36. The van der Waals surface area contributed by atoms with Gasteiger partial charge >= 0.3 is 11.9 Å². The van der Waals surface area contributed by atoms with Gasteiger partial charge in [0.2, 0.25) is 0 Å². The average molecular weight is 250 g/mol. The third kappa shape index (κ3) is 3.58. The molecule has 0 fully saturated rings. The maximum absolute atomic E-state index is 11.8. The number of carbonyl (C=O) groups excluding carboxylic acids is 2. The minimum Gasteiger partial charge on any atom is -0.462 e. The molecule has 18 heavy (non-hydrogen) atoms. The van der Waals surface area contributed by atoms with Crippen LogP contribution < -0.4 is 4.74 Å². The van der Waals surface area contributed by atoms with Crippen LogP contribution in [0.1, 0.15) is 42.6 Å². The van der Waals surface area contributed by atoms with Gasteiger partial charge in [0.15, 0.2) is 0 Å². The third-order valence-electron chi connectivity index (χ3n) is 2.37. The van der Waals surface area contributed by atoms with Gasteiger partial charge in [0.05, 0.1) is 6.61 Å². The van der Waals surface area contributed by atoms with Crippen LogP contribution in [0.25, 0.3) is 0 Å². The van der Waals surface area contributed by atoms with E-state index in [0.29, 0.717) is 17.9 Å². The zero-order chi connectivity index (χ0) is 13.5. The second-order valence-corrected chi connectivity index (χ2v) is 3.92. The molecule has 0 heterocycles. The molecule has 4 nitrogen and oxygen atoms in total. The summed E-state index contributed by atoms with van der Waals surface area (Å²) in [5.41, 5.74) is 1.04. The molecule has 98 valence electrons. The smallest absolute Gasteiger partial charge is 0.341 e. The Labute approximate surface area is 107 Å². The molecule has 0 amide bonds. The van der Waals surface area contributed by atoms with E-state index in [4.69, 9.17) is 9.47 Å². The van der Waals surface area contributed by atoms with Crippen LogP contribution in [-0.4, -0.2) is 18.5 Å². The monoisotopic (exact) mass is 250 g/mol. The van der Waals surface area contributed by atoms with E-state index >= 15 is 0 Å². The van der Waals surface area contributed by atoms with Gasteiger partial charge in [-0.1, -0.05) is 26.0 Å². The Balaban J connectivity index is 2.99. The van der Waals surface area contributed by atoms with Crippen molar-refractivity contribution in [2.45, 2.75) is 33.6 Å². The van der Waals surface area contributed by atoms with Crippen molar-refractivity contribution in [2.24, 2.45) is 0 Å². The summed E-state index contributed by atoms with van der Waals surface area (Å²) in [6, 6.07) is 5.12. The van der Waals surface area contributed by atoms with Crippen molar-refractivity contribution < 1.29 is 19.1 Å². The van der Waals surface area contributed by atoms with Crippen molar-refractivity contribution in [2.75, 3.05) is 6.61 Å². The Hall–Kier alpha value is -1.84. The van der Waals surface area contributed by atoms with Gasteiger partial charge in [0.1, 0.15) is 11.3 Å². The number of hydrogen-bond donors (Lipinski definition) is 0. The maximum atomic E-state index is 11.8. The lowest BCUT2D eigenvalue weighted by atomic mass is 10.1. The first-order valence-electron chi connectivity index (χ1n) is 6.07. The SMILES string of the molecule is CCCOC(=O)c1cccc(C)c1OC(=O)CC. The number of esters is 2. The summed E-state index contributed by atoms with van der Waals surface area (Å²) in [4.78, 5) is 23.2. The molecule has 0 radical (unpaired) electrons. The van der Waals surface area contributed by atoms with Crippen LogP contribution in [0.5, 0.6) is 5.75 Å². The minimum absolute atomic E-state index is 0.262. The first-order chi connectivity index (χ1) is 8.60. The molecule has 1 aromatic carbocycles. The summed E-state index contributed by atoms with van der Waals surface area (Å²) in [7, 11) is 0. The zero-order valence-electron chi connectivity index (χ0n) is 11.0. The minimum atomic E-state index is -0.459. The fraction of sp³-hybridized carbons (Fsp3) is 0.429. The molecule has 1 rings (SSSR count). The van der Waals surface area contributed by atoms with Gasteiger partial charge in [-0.25, -0.2) is 4.79 Å². The molecule has 0 aliphatic heterocycles. The quantitative estimate of drug-likeness (QED) is 0.595. The fourth-order valence-electron chi connectivity index (χ4n) is 1.41. The Morgan fingerprint density at radius 2 is 1.94 bits per heavy atom. The molecule has 0 atom stereocenters. The molecule has 0 unspecified atom stereocenters. The van der Waals surface area contributed by atoms with E-state index in [-0.39, 0.29) is 12.4 Å². The van der Waals surface area contributed by atoms with Crippen LogP contribution in [0.2, 0.25) is 0 Å². The summed E-state index contributed by atoms with van der Waals surface area (Å²) in [6.07, 6.45) is 1.01.